The molecule has 0 aliphatic carbocycles. The molecular formula is C21H24N2O4S. The topological polar surface area (TPSA) is 67.9 Å². The van der Waals surface area contributed by atoms with Gasteiger partial charge < -0.3 is 19.7 Å². The molecule has 28 heavy (non-hydrogen) atoms. The van der Waals surface area contributed by atoms with Gasteiger partial charge >= 0.3 is 6.09 Å². The van der Waals surface area contributed by atoms with Crippen LogP contribution in [0.3, 0.4) is 0 Å². The van der Waals surface area contributed by atoms with Gasteiger partial charge in [-0.15, -0.1) is 11.3 Å². The predicted octanol–water partition coefficient (Wildman–Crippen LogP) is 4.43. The normalized spacial score (nSPS) is 16.4. The van der Waals surface area contributed by atoms with Crippen molar-refractivity contribution in [1.82, 2.24) is 4.90 Å². The number of ether oxygens (including phenoxy) is 2. The van der Waals surface area contributed by atoms with E-state index in [1.165, 1.54) is 4.88 Å². The Hall–Kier alpha value is -2.54. The van der Waals surface area contributed by atoms with Crippen LogP contribution in [0.25, 0.3) is 10.4 Å². The first kappa shape index (κ1) is 18.8. The number of benzene rings is 1. The highest BCUT2D eigenvalue weighted by Gasteiger charge is 2.28. The molecule has 0 radical (unpaired) electrons. The summed E-state index contributed by atoms with van der Waals surface area (Å²) in [4.78, 5) is 28.3. The minimum absolute atomic E-state index is 0.0330. The molecule has 2 aromatic rings. The summed E-state index contributed by atoms with van der Waals surface area (Å²) in [5, 5.41) is 2.91. The maximum absolute atomic E-state index is 12.4. The van der Waals surface area contributed by atoms with E-state index in [-0.39, 0.29) is 12.0 Å². The molecule has 6 nitrogen and oxygen atoms in total. The molecule has 0 unspecified atom stereocenters. The molecule has 4 rings (SSSR count). The Labute approximate surface area is 168 Å². The van der Waals surface area contributed by atoms with Crippen LogP contribution in [0.2, 0.25) is 0 Å². The van der Waals surface area contributed by atoms with E-state index < -0.39 is 5.60 Å². The van der Waals surface area contributed by atoms with Gasteiger partial charge in [0.05, 0.1) is 25.3 Å². The molecule has 3 heterocycles. The van der Waals surface area contributed by atoms with E-state index in [1.54, 1.807) is 16.2 Å². The van der Waals surface area contributed by atoms with Crippen LogP contribution in [0, 0.1) is 0 Å². The summed E-state index contributed by atoms with van der Waals surface area (Å²) in [6, 6.07) is 7.93. The second kappa shape index (κ2) is 7.13. The van der Waals surface area contributed by atoms with Crippen LogP contribution in [0.4, 0.5) is 10.5 Å². The molecule has 7 heteroatoms. The lowest BCUT2D eigenvalue weighted by Crippen LogP contribution is -2.39. The van der Waals surface area contributed by atoms with Crippen molar-refractivity contribution in [2.24, 2.45) is 0 Å². The van der Waals surface area contributed by atoms with Gasteiger partial charge in [-0.2, -0.15) is 0 Å². The number of thiophene rings is 1. The SMILES string of the molecule is CC(C)(C)OC(=O)N1CCc2sc(-c3cccc4c3OCCC(=O)N4)cc2C1. The number of carbonyl (C=O) groups is 2. The summed E-state index contributed by atoms with van der Waals surface area (Å²) >= 11 is 1.72. The largest absolute Gasteiger partial charge is 0.490 e. The summed E-state index contributed by atoms with van der Waals surface area (Å²) in [5.41, 5.74) is 2.33. The summed E-state index contributed by atoms with van der Waals surface area (Å²) in [6.07, 6.45) is 0.886. The molecule has 0 saturated heterocycles. The van der Waals surface area contributed by atoms with Crippen LogP contribution in [0.15, 0.2) is 24.3 Å². The predicted molar refractivity (Wildman–Crippen MR) is 109 cm³/mol. The quantitative estimate of drug-likeness (QED) is 0.769. The zero-order chi connectivity index (χ0) is 19.9. The third-order valence-corrected chi connectivity index (χ3v) is 5.92. The van der Waals surface area contributed by atoms with Gasteiger partial charge in [0.1, 0.15) is 5.60 Å². The maximum Gasteiger partial charge on any atom is 0.410 e. The van der Waals surface area contributed by atoms with E-state index >= 15 is 0 Å². The number of nitrogens with zero attached hydrogens (tertiary/aromatic N) is 1. The van der Waals surface area contributed by atoms with Crippen LogP contribution in [0.1, 0.15) is 37.6 Å². The Kier molecular flexibility index (Phi) is 4.79. The zero-order valence-corrected chi connectivity index (χ0v) is 17.1. The molecular weight excluding hydrogens is 376 g/mol. The molecule has 1 aromatic carbocycles. The molecule has 2 aliphatic rings. The third kappa shape index (κ3) is 3.85. The monoisotopic (exact) mass is 400 g/mol. The van der Waals surface area contributed by atoms with Crippen LogP contribution >= 0.6 is 11.3 Å². The first-order valence-electron chi connectivity index (χ1n) is 9.46. The highest BCUT2D eigenvalue weighted by molar-refractivity contribution is 7.15. The van der Waals surface area contributed by atoms with Crippen molar-refractivity contribution in [1.29, 1.82) is 0 Å². The summed E-state index contributed by atoms with van der Waals surface area (Å²) in [5.74, 6) is 0.685. The van der Waals surface area contributed by atoms with Crippen LogP contribution in [0.5, 0.6) is 5.75 Å². The van der Waals surface area contributed by atoms with Crippen LogP contribution in [-0.2, 0) is 22.5 Å². The number of hydrogen-bond donors (Lipinski definition) is 1. The fourth-order valence-corrected chi connectivity index (χ4v) is 4.58. The Balaban J connectivity index is 1.60. The van der Waals surface area contributed by atoms with E-state index in [0.717, 1.165) is 28.2 Å². The molecule has 2 aliphatic heterocycles. The van der Waals surface area contributed by atoms with E-state index in [0.29, 0.717) is 31.8 Å². The average Bonchev–Trinajstić information content (AvgIpc) is 2.94. The van der Waals surface area contributed by atoms with Crippen molar-refractivity contribution < 1.29 is 19.1 Å². The molecule has 2 amide bonds. The van der Waals surface area contributed by atoms with Gasteiger partial charge in [0, 0.05) is 21.9 Å². The first-order chi connectivity index (χ1) is 13.3. The highest BCUT2D eigenvalue weighted by atomic mass is 32.1. The van der Waals surface area contributed by atoms with Gasteiger partial charge in [-0.3, -0.25) is 4.79 Å². The van der Waals surface area contributed by atoms with E-state index in [9.17, 15) is 9.59 Å². The lowest BCUT2D eigenvalue weighted by atomic mass is 10.1. The molecule has 148 valence electrons. The van der Waals surface area contributed by atoms with Crippen LogP contribution < -0.4 is 10.1 Å². The number of nitrogens with one attached hydrogen (secondary N) is 1. The number of carbonyl (C=O) groups excluding carboxylic acids is 2. The van der Waals surface area contributed by atoms with E-state index in [2.05, 4.69) is 11.4 Å². The first-order valence-corrected chi connectivity index (χ1v) is 10.3. The smallest absolute Gasteiger partial charge is 0.410 e. The van der Waals surface area contributed by atoms with Gasteiger partial charge in [0.15, 0.2) is 5.75 Å². The molecule has 1 aromatic heterocycles. The lowest BCUT2D eigenvalue weighted by Gasteiger charge is -2.29. The number of fused-ring (bicyclic) bond motifs is 2. The second-order valence-electron chi connectivity index (χ2n) is 8.04. The van der Waals surface area contributed by atoms with Gasteiger partial charge in [-0.05, 0) is 51.0 Å². The fourth-order valence-electron chi connectivity index (χ4n) is 3.39. The van der Waals surface area contributed by atoms with Crippen molar-refractivity contribution in [3.8, 4) is 16.2 Å². The number of hydrogen-bond acceptors (Lipinski definition) is 5. The minimum Gasteiger partial charge on any atom is -0.490 e. The average molecular weight is 401 g/mol. The highest BCUT2D eigenvalue weighted by Crippen LogP contribution is 2.43. The van der Waals surface area contributed by atoms with Gasteiger partial charge in [0.25, 0.3) is 0 Å². The maximum atomic E-state index is 12.4. The van der Waals surface area contributed by atoms with Gasteiger partial charge in [-0.1, -0.05) is 6.07 Å². The summed E-state index contributed by atoms with van der Waals surface area (Å²) < 4.78 is 11.4. The number of rotatable bonds is 1. The van der Waals surface area contributed by atoms with Crippen LogP contribution in [-0.4, -0.2) is 35.7 Å². The lowest BCUT2D eigenvalue weighted by molar-refractivity contribution is -0.116. The standard InChI is InChI=1S/C21H24N2O4S/c1-21(2,3)27-20(25)23-9-7-16-13(12-23)11-17(28-16)14-5-4-6-15-19(14)26-10-8-18(24)22-15/h4-6,11H,7-10,12H2,1-3H3,(H,22,24). The minimum atomic E-state index is -0.499. The molecule has 0 bridgehead atoms. The number of amides is 2. The van der Waals surface area contributed by atoms with Crippen molar-refractivity contribution in [2.75, 3.05) is 18.5 Å². The Morgan fingerprint density at radius 1 is 1.29 bits per heavy atom. The number of para-hydroxylation sites is 1. The van der Waals surface area contributed by atoms with Crippen molar-refractivity contribution in [2.45, 2.75) is 45.8 Å². The summed E-state index contributed by atoms with van der Waals surface area (Å²) in [6.45, 7) is 7.21. The molecule has 1 N–H and O–H groups in total. The Morgan fingerprint density at radius 2 is 2.11 bits per heavy atom. The third-order valence-electron chi connectivity index (χ3n) is 4.65. The zero-order valence-electron chi connectivity index (χ0n) is 16.3. The van der Waals surface area contributed by atoms with Crippen molar-refractivity contribution >= 4 is 29.0 Å². The molecule has 0 spiro atoms. The van der Waals surface area contributed by atoms with E-state index in [4.69, 9.17) is 9.47 Å². The number of anilines is 1. The molecule has 0 atom stereocenters. The van der Waals surface area contributed by atoms with E-state index in [1.807, 2.05) is 39.0 Å². The van der Waals surface area contributed by atoms with Gasteiger partial charge in [-0.25, -0.2) is 4.79 Å². The summed E-state index contributed by atoms with van der Waals surface area (Å²) in [7, 11) is 0. The van der Waals surface area contributed by atoms with Gasteiger partial charge in [0.2, 0.25) is 5.91 Å². The Bertz CT molecular complexity index is 929. The molecule has 0 fully saturated rings. The Morgan fingerprint density at radius 3 is 2.89 bits per heavy atom. The second-order valence-corrected chi connectivity index (χ2v) is 9.18. The molecule has 0 saturated carbocycles. The fraction of sp³-hybridized carbons (Fsp3) is 0.429. The van der Waals surface area contributed by atoms with Crippen molar-refractivity contribution in [3.63, 3.8) is 0 Å². The van der Waals surface area contributed by atoms with Crippen molar-refractivity contribution in [3.05, 3.63) is 34.7 Å².